The summed E-state index contributed by atoms with van der Waals surface area (Å²) in [6, 6.07) is 16.9. The average Bonchev–Trinajstić information content (AvgIpc) is 2.60. The fraction of sp³-hybridized carbons (Fsp3) is 0.300. The summed E-state index contributed by atoms with van der Waals surface area (Å²) >= 11 is 0. The lowest BCUT2D eigenvalue weighted by Gasteiger charge is -2.21. The molecule has 2 aromatic rings. The lowest BCUT2D eigenvalue weighted by Crippen LogP contribution is -2.28. The molecule has 2 aromatic carbocycles. The molecule has 0 bridgehead atoms. The van der Waals surface area contributed by atoms with Crippen LogP contribution in [0.3, 0.4) is 0 Å². The third-order valence-electron chi connectivity index (χ3n) is 3.79. The van der Waals surface area contributed by atoms with E-state index in [1.807, 2.05) is 30.3 Å². The highest BCUT2D eigenvalue weighted by Gasteiger charge is 2.31. The molecule has 0 fully saturated rings. The molecule has 0 spiro atoms. The number of hydrogen-bond donors (Lipinski definition) is 0. The summed E-state index contributed by atoms with van der Waals surface area (Å²) < 4.78 is 10.4. The van der Waals surface area contributed by atoms with Gasteiger partial charge in [-0.15, -0.1) is 0 Å². The van der Waals surface area contributed by atoms with Crippen LogP contribution in [0.25, 0.3) is 0 Å². The molecule has 0 aliphatic heterocycles. The number of ketones is 1. The molecule has 0 unspecified atom stereocenters. The summed E-state index contributed by atoms with van der Waals surface area (Å²) in [6.07, 6.45) is 0.0502. The predicted octanol–water partition coefficient (Wildman–Crippen LogP) is 4.04. The summed E-state index contributed by atoms with van der Waals surface area (Å²) in [6.45, 7) is 3.96. The summed E-state index contributed by atoms with van der Waals surface area (Å²) in [4.78, 5) is 24.0. The number of methoxy groups -OCH3 is 1. The smallest absolute Gasteiger partial charge is 0.306 e. The van der Waals surface area contributed by atoms with Gasteiger partial charge in [0.1, 0.15) is 12.4 Å². The number of carbonyl (C=O) groups is 2. The zero-order valence-electron chi connectivity index (χ0n) is 14.2. The van der Waals surface area contributed by atoms with Crippen LogP contribution in [0.5, 0.6) is 5.75 Å². The van der Waals surface area contributed by atoms with Crippen molar-refractivity contribution >= 4 is 11.8 Å². The maximum absolute atomic E-state index is 12.6. The van der Waals surface area contributed by atoms with Crippen molar-refractivity contribution in [1.82, 2.24) is 0 Å². The Labute approximate surface area is 142 Å². The first-order chi connectivity index (χ1) is 11.4. The number of carbonyl (C=O) groups excluding carboxylic acids is 2. The van der Waals surface area contributed by atoms with E-state index in [-0.39, 0.29) is 12.2 Å². The van der Waals surface area contributed by atoms with Crippen molar-refractivity contribution in [2.75, 3.05) is 7.11 Å². The Morgan fingerprint density at radius 3 is 2.17 bits per heavy atom. The average molecular weight is 326 g/mol. The Balaban J connectivity index is 2.00. The van der Waals surface area contributed by atoms with Gasteiger partial charge in [0, 0.05) is 11.0 Å². The van der Waals surface area contributed by atoms with Gasteiger partial charge < -0.3 is 9.47 Å². The molecular weight excluding hydrogens is 304 g/mol. The van der Waals surface area contributed by atoms with E-state index in [9.17, 15) is 9.59 Å². The Kier molecular flexibility index (Phi) is 5.74. The largest absolute Gasteiger partial charge is 0.489 e. The number of esters is 1. The minimum absolute atomic E-state index is 0.0502. The molecule has 0 aromatic heterocycles. The highest BCUT2D eigenvalue weighted by atomic mass is 16.5. The maximum atomic E-state index is 12.6. The molecule has 0 radical (unpaired) electrons. The van der Waals surface area contributed by atoms with Crippen LogP contribution in [-0.2, 0) is 16.1 Å². The minimum Gasteiger partial charge on any atom is -0.489 e. The first-order valence-electron chi connectivity index (χ1n) is 7.81. The molecule has 0 aliphatic rings. The Hall–Kier alpha value is -2.62. The number of benzene rings is 2. The highest BCUT2D eigenvalue weighted by Crippen LogP contribution is 2.27. The summed E-state index contributed by atoms with van der Waals surface area (Å²) in [5, 5.41) is 0. The quantitative estimate of drug-likeness (QED) is 0.569. The molecule has 2 rings (SSSR count). The van der Waals surface area contributed by atoms with Crippen LogP contribution in [0.1, 0.15) is 36.2 Å². The van der Waals surface area contributed by atoms with Crippen LogP contribution in [-0.4, -0.2) is 18.9 Å². The molecule has 0 saturated carbocycles. The van der Waals surface area contributed by atoms with Gasteiger partial charge in [0.25, 0.3) is 0 Å². The fourth-order valence-electron chi connectivity index (χ4n) is 2.35. The van der Waals surface area contributed by atoms with Crippen molar-refractivity contribution in [2.45, 2.75) is 26.9 Å². The second-order valence-electron chi connectivity index (χ2n) is 6.26. The van der Waals surface area contributed by atoms with Gasteiger partial charge >= 0.3 is 5.97 Å². The highest BCUT2D eigenvalue weighted by molar-refractivity contribution is 6.01. The second-order valence-corrected chi connectivity index (χ2v) is 6.26. The Morgan fingerprint density at radius 1 is 0.958 bits per heavy atom. The number of rotatable bonds is 7. The molecule has 4 nitrogen and oxygen atoms in total. The first kappa shape index (κ1) is 17.7. The van der Waals surface area contributed by atoms with E-state index in [1.165, 1.54) is 7.11 Å². The zero-order valence-corrected chi connectivity index (χ0v) is 14.2. The molecule has 0 aliphatic carbocycles. The maximum Gasteiger partial charge on any atom is 0.306 e. The molecule has 126 valence electrons. The van der Waals surface area contributed by atoms with Gasteiger partial charge in [-0.3, -0.25) is 9.59 Å². The normalized spacial score (nSPS) is 11.0. The second kappa shape index (κ2) is 7.77. The Bertz CT molecular complexity index is 687. The SMILES string of the molecule is COC(=O)CC(C)(C)C(=O)c1ccc(OCc2ccccc2)cc1. The van der Waals surface area contributed by atoms with Crippen LogP contribution < -0.4 is 4.74 Å². The lowest BCUT2D eigenvalue weighted by atomic mass is 9.81. The van der Waals surface area contributed by atoms with E-state index in [2.05, 4.69) is 4.74 Å². The Morgan fingerprint density at radius 2 is 1.58 bits per heavy atom. The van der Waals surface area contributed by atoms with Crippen molar-refractivity contribution < 1.29 is 19.1 Å². The van der Waals surface area contributed by atoms with Gasteiger partial charge in [-0.25, -0.2) is 0 Å². The summed E-state index contributed by atoms with van der Waals surface area (Å²) in [7, 11) is 1.32. The predicted molar refractivity (Wildman–Crippen MR) is 92.0 cm³/mol. The van der Waals surface area contributed by atoms with Crippen LogP contribution >= 0.6 is 0 Å². The molecule has 4 heteroatoms. The first-order valence-corrected chi connectivity index (χ1v) is 7.81. The van der Waals surface area contributed by atoms with Crippen LogP contribution in [0.4, 0.5) is 0 Å². The van der Waals surface area contributed by atoms with Gasteiger partial charge in [0.2, 0.25) is 0 Å². The van der Waals surface area contributed by atoms with Crippen LogP contribution in [0.2, 0.25) is 0 Å². The van der Waals surface area contributed by atoms with E-state index < -0.39 is 11.4 Å². The minimum atomic E-state index is -0.806. The molecule has 24 heavy (non-hydrogen) atoms. The molecular formula is C20H22O4. The topological polar surface area (TPSA) is 52.6 Å². The van der Waals surface area contributed by atoms with Gasteiger partial charge in [0.15, 0.2) is 5.78 Å². The monoisotopic (exact) mass is 326 g/mol. The number of Topliss-reactive ketones (excluding diaryl/α,β-unsaturated/α-hetero) is 1. The van der Waals surface area contributed by atoms with Gasteiger partial charge in [-0.05, 0) is 29.8 Å². The van der Waals surface area contributed by atoms with Crippen molar-refractivity contribution in [3.63, 3.8) is 0 Å². The summed E-state index contributed by atoms with van der Waals surface area (Å²) in [5.74, 6) is 0.208. The molecule has 0 atom stereocenters. The number of ether oxygens (including phenoxy) is 2. The van der Waals surface area contributed by atoms with Crippen LogP contribution in [0.15, 0.2) is 54.6 Å². The van der Waals surface area contributed by atoms with Crippen molar-refractivity contribution in [3.05, 3.63) is 65.7 Å². The van der Waals surface area contributed by atoms with E-state index in [0.717, 1.165) is 5.56 Å². The number of hydrogen-bond acceptors (Lipinski definition) is 4. The third kappa shape index (κ3) is 4.69. The lowest BCUT2D eigenvalue weighted by molar-refractivity contribution is -0.142. The third-order valence-corrected chi connectivity index (χ3v) is 3.79. The van der Waals surface area contributed by atoms with Crippen molar-refractivity contribution in [2.24, 2.45) is 5.41 Å². The van der Waals surface area contributed by atoms with Crippen molar-refractivity contribution in [1.29, 1.82) is 0 Å². The standard InChI is InChI=1S/C20H22O4/c1-20(2,13-18(21)23-3)19(22)16-9-11-17(12-10-16)24-14-15-7-5-4-6-8-15/h4-12H,13-14H2,1-3H3. The molecule has 0 amide bonds. The van der Waals surface area contributed by atoms with Gasteiger partial charge in [0.05, 0.1) is 13.5 Å². The van der Waals surface area contributed by atoms with Gasteiger partial charge in [-0.2, -0.15) is 0 Å². The molecule has 0 saturated heterocycles. The molecule has 0 heterocycles. The fourth-order valence-corrected chi connectivity index (χ4v) is 2.35. The summed E-state index contributed by atoms with van der Waals surface area (Å²) in [5.41, 5.74) is 0.826. The van der Waals surface area contributed by atoms with E-state index in [4.69, 9.17) is 4.74 Å². The van der Waals surface area contributed by atoms with Crippen LogP contribution in [0, 0.1) is 5.41 Å². The zero-order chi connectivity index (χ0) is 17.6. The molecule has 0 N–H and O–H groups in total. The van der Waals surface area contributed by atoms with Crippen molar-refractivity contribution in [3.8, 4) is 5.75 Å². The van der Waals surface area contributed by atoms with E-state index in [1.54, 1.807) is 38.1 Å². The van der Waals surface area contributed by atoms with Gasteiger partial charge in [-0.1, -0.05) is 44.2 Å². The van der Waals surface area contributed by atoms with E-state index >= 15 is 0 Å². The van der Waals surface area contributed by atoms with E-state index in [0.29, 0.717) is 17.9 Å².